The quantitative estimate of drug-likeness (QED) is 0.315. The van der Waals surface area contributed by atoms with Gasteiger partial charge in [0.1, 0.15) is 5.76 Å². The number of carbonyl (C=O) groups is 1. The van der Waals surface area contributed by atoms with Crippen molar-refractivity contribution in [3.63, 3.8) is 0 Å². The van der Waals surface area contributed by atoms with Gasteiger partial charge < -0.3 is 9.32 Å². The van der Waals surface area contributed by atoms with E-state index in [-0.39, 0.29) is 29.8 Å². The van der Waals surface area contributed by atoms with E-state index in [0.717, 1.165) is 5.69 Å². The maximum absolute atomic E-state index is 13.2. The van der Waals surface area contributed by atoms with Crippen LogP contribution in [0.1, 0.15) is 19.6 Å². The minimum atomic E-state index is -0.152. The average Bonchev–Trinajstić information content (AvgIpc) is 3.28. The van der Waals surface area contributed by atoms with Crippen LogP contribution in [0.3, 0.4) is 0 Å². The molecule has 0 aliphatic heterocycles. The topological polar surface area (TPSA) is 68.3 Å². The minimum Gasteiger partial charge on any atom is -0.467 e. The first-order chi connectivity index (χ1) is 15.0. The van der Waals surface area contributed by atoms with Gasteiger partial charge in [0.25, 0.3) is 5.56 Å². The first-order valence-corrected chi connectivity index (χ1v) is 11.0. The number of hydrogen-bond acceptors (Lipinski definition) is 5. The van der Waals surface area contributed by atoms with Crippen molar-refractivity contribution < 1.29 is 9.21 Å². The summed E-state index contributed by atoms with van der Waals surface area (Å²) in [5.41, 5.74) is 1.31. The molecular weight excluding hydrogens is 410 g/mol. The van der Waals surface area contributed by atoms with Crippen LogP contribution in [0.5, 0.6) is 0 Å². The molecule has 4 aromatic rings. The van der Waals surface area contributed by atoms with E-state index in [1.165, 1.54) is 11.8 Å². The molecule has 0 aliphatic carbocycles. The van der Waals surface area contributed by atoms with Gasteiger partial charge in [0.15, 0.2) is 5.16 Å². The fourth-order valence-corrected chi connectivity index (χ4v) is 4.33. The molecule has 1 amide bonds. The number of hydrogen-bond donors (Lipinski definition) is 0. The van der Waals surface area contributed by atoms with Crippen LogP contribution in [-0.4, -0.2) is 27.3 Å². The Hall–Kier alpha value is -3.32. The van der Waals surface area contributed by atoms with Crippen LogP contribution in [-0.2, 0) is 11.3 Å². The third-order valence-corrected chi connectivity index (χ3v) is 5.83. The monoisotopic (exact) mass is 433 g/mol. The third-order valence-electron chi connectivity index (χ3n) is 4.86. The van der Waals surface area contributed by atoms with Crippen LogP contribution in [0.25, 0.3) is 10.9 Å². The van der Waals surface area contributed by atoms with E-state index in [4.69, 9.17) is 4.42 Å². The summed E-state index contributed by atoms with van der Waals surface area (Å²) in [6, 6.07) is 20.4. The molecule has 0 bridgehead atoms. The number of rotatable bonds is 7. The summed E-state index contributed by atoms with van der Waals surface area (Å²) in [6.45, 7) is 4.22. The van der Waals surface area contributed by atoms with Crippen LogP contribution >= 0.6 is 11.8 Å². The van der Waals surface area contributed by atoms with Gasteiger partial charge >= 0.3 is 0 Å². The molecule has 0 saturated carbocycles. The lowest BCUT2D eigenvalue weighted by molar-refractivity contribution is -0.116. The van der Waals surface area contributed by atoms with Gasteiger partial charge in [0, 0.05) is 11.7 Å². The number of aromatic nitrogens is 2. The molecule has 0 aliphatic rings. The fraction of sp³-hybridized carbons (Fsp3) is 0.208. The van der Waals surface area contributed by atoms with Crippen LogP contribution in [0.4, 0.5) is 5.69 Å². The van der Waals surface area contributed by atoms with Gasteiger partial charge in [-0.05, 0) is 50.2 Å². The molecule has 31 heavy (non-hydrogen) atoms. The zero-order valence-electron chi connectivity index (χ0n) is 17.4. The molecular formula is C24H23N3O3S. The van der Waals surface area contributed by atoms with Gasteiger partial charge in [-0.25, -0.2) is 4.98 Å². The normalized spacial score (nSPS) is 11.2. The molecule has 0 spiro atoms. The van der Waals surface area contributed by atoms with Crippen molar-refractivity contribution in [3.8, 4) is 0 Å². The van der Waals surface area contributed by atoms with Gasteiger partial charge in [0.05, 0.1) is 29.5 Å². The number of thioether (sulfide) groups is 1. The van der Waals surface area contributed by atoms with Crippen molar-refractivity contribution in [2.24, 2.45) is 0 Å². The highest BCUT2D eigenvalue weighted by Crippen LogP contribution is 2.23. The van der Waals surface area contributed by atoms with Crippen molar-refractivity contribution in [1.82, 2.24) is 9.55 Å². The summed E-state index contributed by atoms with van der Waals surface area (Å²) in [6.07, 6.45) is 1.57. The zero-order valence-corrected chi connectivity index (χ0v) is 18.2. The molecule has 0 N–H and O–H groups in total. The van der Waals surface area contributed by atoms with E-state index < -0.39 is 0 Å². The van der Waals surface area contributed by atoms with E-state index in [0.29, 0.717) is 21.8 Å². The van der Waals surface area contributed by atoms with Crippen molar-refractivity contribution in [3.05, 3.63) is 89.1 Å². The van der Waals surface area contributed by atoms with E-state index in [1.807, 2.05) is 68.4 Å². The van der Waals surface area contributed by atoms with Crippen LogP contribution in [0.15, 0.2) is 87.4 Å². The van der Waals surface area contributed by atoms with Crippen LogP contribution < -0.4 is 10.5 Å². The minimum absolute atomic E-state index is 0.00498. The highest BCUT2D eigenvalue weighted by molar-refractivity contribution is 7.99. The predicted octanol–water partition coefficient (Wildman–Crippen LogP) is 4.57. The molecule has 158 valence electrons. The number of para-hydroxylation sites is 2. The van der Waals surface area contributed by atoms with E-state index in [9.17, 15) is 9.59 Å². The first-order valence-electron chi connectivity index (χ1n) is 10.1. The molecule has 0 fully saturated rings. The van der Waals surface area contributed by atoms with Crippen LogP contribution in [0.2, 0.25) is 0 Å². The summed E-state index contributed by atoms with van der Waals surface area (Å²) in [5, 5.41) is 1.03. The summed E-state index contributed by atoms with van der Waals surface area (Å²) in [4.78, 5) is 32.7. The Bertz CT molecular complexity index is 1230. The lowest BCUT2D eigenvalue weighted by Crippen LogP contribution is -2.38. The molecule has 0 radical (unpaired) electrons. The largest absolute Gasteiger partial charge is 0.467 e. The summed E-state index contributed by atoms with van der Waals surface area (Å²) < 4.78 is 7.01. The maximum atomic E-state index is 13.2. The van der Waals surface area contributed by atoms with Gasteiger partial charge in [-0.1, -0.05) is 42.1 Å². The number of benzene rings is 2. The molecule has 7 heteroatoms. The van der Waals surface area contributed by atoms with E-state index >= 15 is 0 Å². The summed E-state index contributed by atoms with van der Waals surface area (Å²) in [5.74, 6) is 0.773. The highest BCUT2D eigenvalue weighted by atomic mass is 32.2. The van der Waals surface area contributed by atoms with E-state index in [1.54, 1.807) is 27.9 Å². The Morgan fingerprint density at radius 3 is 2.52 bits per heavy atom. The first kappa shape index (κ1) is 20.9. The second-order valence-corrected chi connectivity index (χ2v) is 8.31. The van der Waals surface area contributed by atoms with Crippen LogP contribution in [0, 0.1) is 0 Å². The Morgan fingerprint density at radius 1 is 1.06 bits per heavy atom. The van der Waals surface area contributed by atoms with Crippen molar-refractivity contribution in [2.75, 3.05) is 10.7 Å². The highest BCUT2D eigenvalue weighted by Gasteiger charge is 2.21. The Labute approximate surface area is 184 Å². The third kappa shape index (κ3) is 4.56. The maximum Gasteiger partial charge on any atom is 0.262 e. The Kier molecular flexibility index (Phi) is 6.23. The fourth-order valence-electron chi connectivity index (χ4n) is 3.47. The zero-order chi connectivity index (χ0) is 21.8. The summed E-state index contributed by atoms with van der Waals surface area (Å²) >= 11 is 1.27. The SMILES string of the molecule is CC(C)N(C(=O)CSc1nc2ccccc2c(=O)n1Cc1ccco1)c1ccccc1. The molecule has 2 heterocycles. The van der Waals surface area contributed by atoms with Gasteiger partial charge in [-0.2, -0.15) is 0 Å². The standard InChI is InChI=1S/C24H23N3O3S/c1-17(2)27(18-9-4-3-5-10-18)22(28)16-31-24-25-21-13-7-6-12-20(21)23(29)26(24)15-19-11-8-14-30-19/h3-14,17H,15-16H2,1-2H3. The van der Waals surface area contributed by atoms with E-state index in [2.05, 4.69) is 4.98 Å². The molecule has 0 unspecified atom stereocenters. The molecule has 2 aromatic carbocycles. The Balaban J connectivity index is 1.65. The average molecular weight is 434 g/mol. The van der Waals surface area contributed by atoms with Crippen molar-refractivity contribution in [1.29, 1.82) is 0 Å². The second-order valence-electron chi connectivity index (χ2n) is 7.36. The van der Waals surface area contributed by atoms with Crippen molar-refractivity contribution in [2.45, 2.75) is 31.6 Å². The molecule has 0 saturated heterocycles. The lowest BCUT2D eigenvalue weighted by atomic mass is 10.2. The lowest BCUT2D eigenvalue weighted by Gasteiger charge is -2.27. The van der Waals surface area contributed by atoms with Gasteiger partial charge in [-0.3, -0.25) is 14.2 Å². The molecule has 0 atom stereocenters. The molecule has 6 nitrogen and oxygen atoms in total. The molecule has 4 rings (SSSR count). The number of carbonyl (C=O) groups excluding carboxylic acids is 1. The number of nitrogens with zero attached hydrogens (tertiary/aromatic N) is 3. The van der Waals surface area contributed by atoms with Crippen molar-refractivity contribution >= 4 is 34.3 Å². The smallest absolute Gasteiger partial charge is 0.262 e. The Morgan fingerprint density at radius 2 is 1.81 bits per heavy atom. The van der Waals surface area contributed by atoms with Gasteiger partial charge in [0.2, 0.25) is 5.91 Å². The predicted molar refractivity (Wildman–Crippen MR) is 124 cm³/mol. The summed E-state index contributed by atoms with van der Waals surface area (Å²) in [7, 11) is 0. The molecule has 2 aromatic heterocycles. The second kappa shape index (κ2) is 9.22. The number of anilines is 1. The van der Waals surface area contributed by atoms with Gasteiger partial charge in [-0.15, -0.1) is 0 Å². The number of furan rings is 1. The number of fused-ring (bicyclic) bond motifs is 1. The number of amides is 1.